The second-order valence-corrected chi connectivity index (χ2v) is 5.18. The van der Waals surface area contributed by atoms with Gasteiger partial charge >= 0.3 is 58.4 Å². The zero-order valence-corrected chi connectivity index (χ0v) is 13.3. The standard InChI is InChI=1S/C10H16BF3NO.K/c12-11(13,14)8-15-6-5-10(7-9(15)16)3-1-2-4-10;/h1-8H2;/q-1;+1. The minimum atomic E-state index is -4.88. The first-order chi connectivity index (χ1) is 7.40. The van der Waals surface area contributed by atoms with Gasteiger partial charge in [-0.3, -0.25) is 4.79 Å². The third-order valence-electron chi connectivity index (χ3n) is 3.88. The van der Waals surface area contributed by atoms with E-state index < -0.39 is 13.4 Å². The van der Waals surface area contributed by atoms with Crippen molar-refractivity contribution in [3.05, 3.63) is 0 Å². The van der Waals surface area contributed by atoms with Crippen molar-refractivity contribution in [2.75, 3.05) is 13.0 Å². The fraction of sp³-hybridized carbons (Fsp3) is 0.900. The third-order valence-corrected chi connectivity index (χ3v) is 3.88. The number of hydrogen-bond donors (Lipinski definition) is 0. The zero-order chi connectivity index (χ0) is 11.8. The van der Waals surface area contributed by atoms with Gasteiger partial charge in [0.1, 0.15) is 0 Å². The molecule has 0 unspecified atom stereocenters. The second-order valence-electron chi connectivity index (χ2n) is 5.18. The van der Waals surface area contributed by atoms with E-state index in [-0.39, 0.29) is 62.7 Å². The van der Waals surface area contributed by atoms with Crippen LogP contribution in [0.2, 0.25) is 0 Å². The minimum absolute atomic E-state index is 0. The van der Waals surface area contributed by atoms with Gasteiger partial charge in [0.15, 0.2) is 0 Å². The van der Waals surface area contributed by atoms with Crippen molar-refractivity contribution in [3.63, 3.8) is 0 Å². The fourth-order valence-electron chi connectivity index (χ4n) is 3.01. The molecule has 17 heavy (non-hydrogen) atoms. The van der Waals surface area contributed by atoms with E-state index in [2.05, 4.69) is 0 Å². The third kappa shape index (κ3) is 4.23. The van der Waals surface area contributed by atoms with Crippen LogP contribution in [0.15, 0.2) is 0 Å². The van der Waals surface area contributed by atoms with Crippen LogP contribution >= 0.6 is 0 Å². The number of carbonyl (C=O) groups is 1. The predicted octanol–water partition coefficient (Wildman–Crippen LogP) is -0.440. The smallest absolute Gasteiger partial charge is 0.448 e. The number of amides is 1. The quantitative estimate of drug-likeness (QED) is 0.625. The largest absolute Gasteiger partial charge is 1.00 e. The Morgan fingerprint density at radius 1 is 1.18 bits per heavy atom. The van der Waals surface area contributed by atoms with Gasteiger partial charge in [-0.05, 0) is 31.1 Å². The van der Waals surface area contributed by atoms with Gasteiger partial charge in [-0.1, -0.05) is 12.8 Å². The van der Waals surface area contributed by atoms with Crippen LogP contribution in [0.3, 0.4) is 0 Å². The van der Waals surface area contributed by atoms with Gasteiger partial charge in [-0.2, -0.15) is 0 Å². The van der Waals surface area contributed by atoms with Crippen LogP contribution in [-0.4, -0.2) is 30.8 Å². The van der Waals surface area contributed by atoms with Crippen LogP contribution in [-0.2, 0) is 4.79 Å². The normalized spacial score (nSPS) is 23.9. The van der Waals surface area contributed by atoms with Crippen molar-refractivity contribution < 1.29 is 69.1 Å². The Balaban J connectivity index is 0.00000144. The van der Waals surface area contributed by atoms with Crippen molar-refractivity contribution >= 4 is 12.9 Å². The summed E-state index contributed by atoms with van der Waals surface area (Å²) >= 11 is 0. The maximum Gasteiger partial charge on any atom is 1.00 e. The molecule has 1 saturated carbocycles. The van der Waals surface area contributed by atoms with E-state index >= 15 is 0 Å². The Labute approximate surface area is 142 Å². The maximum absolute atomic E-state index is 12.3. The van der Waals surface area contributed by atoms with Crippen molar-refractivity contribution in [2.45, 2.75) is 38.5 Å². The molecule has 0 atom stereocenters. The van der Waals surface area contributed by atoms with E-state index in [0.29, 0.717) is 13.0 Å². The number of piperidine rings is 1. The summed E-state index contributed by atoms with van der Waals surface area (Å²) in [6.45, 7) is -4.59. The molecule has 1 spiro atoms. The topological polar surface area (TPSA) is 20.3 Å². The molecule has 1 amide bonds. The Morgan fingerprint density at radius 3 is 2.24 bits per heavy atom. The van der Waals surface area contributed by atoms with Crippen LogP contribution < -0.4 is 51.4 Å². The summed E-state index contributed by atoms with van der Waals surface area (Å²) in [6, 6.07) is 0. The average Bonchev–Trinajstić information content (AvgIpc) is 2.57. The summed E-state index contributed by atoms with van der Waals surface area (Å²) in [4.78, 5) is 12.7. The van der Waals surface area contributed by atoms with Gasteiger partial charge < -0.3 is 17.8 Å². The Morgan fingerprint density at radius 2 is 1.76 bits per heavy atom. The molecule has 0 radical (unpaired) electrons. The van der Waals surface area contributed by atoms with Crippen molar-refractivity contribution in [1.29, 1.82) is 0 Å². The summed E-state index contributed by atoms with van der Waals surface area (Å²) in [5.41, 5.74) is 0.0478. The molecule has 0 bridgehead atoms. The molecule has 0 N–H and O–H groups in total. The van der Waals surface area contributed by atoms with E-state index in [0.717, 1.165) is 37.0 Å². The first kappa shape index (κ1) is 16.0. The Kier molecular flexibility index (Phi) is 5.60. The number of hydrogen-bond acceptors (Lipinski definition) is 1. The Hall–Kier alpha value is 0.961. The molecule has 0 aromatic rings. The van der Waals surface area contributed by atoms with Gasteiger partial charge in [-0.25, -0.2) is 0 Å². The van der Waals surface area contributed by atoms with Gasteiger partial charge in [0.25, 0.3) is 0 Å². The summed E-state index contributed by atoms with van der Waals surface area (Å²) < 4.78 is 36.8. The molecule has 0 aromatic carbocycles. The summed E-state index contributed by atoms with van der Waals surface area (Å²) in [5, 5.41) is 0. The molecular weight excluding hydrogens is 257 g/mol. The van der Waals surface area contributed by atoms with E-state index in [1.165, 1.54) is 0 Å². The van der Waals surface area contributed by atoms with Gasteiger partial charge in [0.05, 0.1) is 0 Å². The van der Waals surface area contributed by atoms with E-state index in [4.69, 9.17) is 0 Å². The molecule has 1 saturated heterocycles. The predicted molar refractivity (Wildman–Crippen MR) is 55.8 cm³/mol. The maximum atomic E-state index is 12.3. The first-order valence-electron chi connectivity index (χ1n) is 5.89. The van der Waals surface area contributed by atoms with E-state index in [9.17, 15) is 17.7 Å². The van der Waals surface area contributed by atoms with Gasteiger partial charge in [0.2, 0.25) is 5.91 Å². The van der Waals surface area contributed by atoms with Crippen LogP contribution in [0, 0.1) is 5.41 Å². The molecule has 0 aromatic heterocycles. The first-order valence-corrected chi connectivity index (χ1v) is 5.89. The van der Waals surface area contributed by atoms with Crippen LogP contribution in [0.1, 0.15) is 38.5 Å². The molecule has 92 valence electrons. The fourth-order valence-corrected chi connectivity index (χ4v) is 3.01. The summed E-state index contributed by atoms with van der Waals surface area (Å²) in [7, 11) is 0. The molecule has 2 rings (SSSR count). The molecular formula is C10H16BF3KNO. The number of rotatable bonds is 2. The van der Waals surface area contributed by atoms with Crippen molar-refractivity contribution in [2.24, 2.45) is 5.41 Å². The molecule has 7 heteroatoms. The molecule has 1 heterocycles. The molecule has 1 aliphatic heterocycles. The number of carbonyl (C=O) groups excluding carboxylic acids is 1. The number of halogens is 3. The van der Waals surface area contributed by atoms with Crippen LogP contribution in [0.4, 0.5) is 12.9 Å². The summed E-state index contributed by atoms with van der Waals surface area (Å²) in [5.74, 6) is -0.299. The number of likely N-dealkylation sites (tertiary alicyclic amines) is 1. The molecule has 2 nitrogen and oxygen atoms in total. The summed E-state index contributed by atoms with van der Waals surface area (Å²) in [6.07, 6.45) is 4.35. The van der Waals surface area contributed by atoms with Gasteiger partial charge in [0, 0.05) is 13.0 Å². The molecule has 2 fully saturated rings. The van der Waals surface area contributed by atoms with Gasteiger partial charge in [-0.15, -0.1) is 0 Å². The van der Waals surface area contributed by atoms with E-state index in [1.807, 2.05) is 0 Å². The van der Waals surface area contributed by atoms with Crippen molar-refractivity contribution in [1.82, 2.24) is 4.90 Å². The average molecular weight is 273 g/mol. The minimum Gasteiger partial charge on any atom is -0.448 e. The SMILES string of the molecule is O=C1CC2(CCCC2)CCN1C[B-](F)(F)F.[K+]. The van der Waals surface area contributed by atoms with Crippen LogP contribution in [0.25, 0.3) is 0 Å². The molecule has 2 aliphatic rings. The second kappa shape index (κ2) is 5.94. The monoisotopic (exact) mass is 273 g/mol. The van der Waals surface area contributed by atoms with Crippen molar-refractivity contribution in [3.8, 4) is 0 Å². The number of nitrogens with zero attached hydrogens (tertiary/aromatic N) is 1. The van der Waals surface area contributed by atoms with E-state index in [1.54, 1.807) is 0 Å². The molecule has 1 aliphatic carbocycles. The zero-order valence-electron chi connectivity index (χ0n) is 10.2. The van der Waals surface area contributed by atoms with Crippen LogP contribution in [0.5, 0.6) is 0 Å². The Bertz CT molecular complexity index is 292.